The second kappa shape index (κ2) is 4.36. The third kappa shape index (κ3) is 1.73. The SMILES string of the molecule is N#CC1c2ccc(Cl)cc2COc2ccccc21. The van der Waals surface area contributed by atoms with E-state index in [-0.39, 0.29) is 5.92 Å². The van der Waals surface area contributed by atoms with Crippen LogP contribution in [0, 0.1) is 11.3 Å². The van der Waals surface area contributed by atoms with Gasteiger partial charge in [-0.15, -0.1) is 0 Å². The number of para-hydroxylation sites is 1. The van der Waals surface area contributed by atoms with Crippen molar-refractivity contribution in [3.63, 3.8) is 0 Å². The van der Waals surface area contributed by atoms with Crippen molar-refractivity contribution >= 4 is 11.6 Å². The minimum atomic E-state index is -0.295. The summed E-state index contributed by atoms with van der Waals surface area (Å²) in [5.41, 5.74) is 2.87. The highest BCUT2D eigenvalue weighted by atomic mass is 35.5. The number of ether oxygens (including phenoxy) is 1. The lowest BCUT2D eigenvalue weighted by Gasteiger charge is -2.11. The van der Waals surface area contributed by atoms with Crippen molar-refractivity contribution in [2.75, 3.05) is 0 Å². The fraction of sp³-hybridized carbons (Fsp3) is 0.133. The molecule has 2 nitrogen and oxygen atoms in total. The Balaban J connectivity index is 2.22. The summed E-state index contributed by atoms with van der Waals surface area (Å²) in [7, 11) is 0. The molecule has 88 valence electrons. The lowest BCUT2D eigenvalue weighted by atomic mass is 9.90. The molecule has 0 bridgehead atoms. The van der Waals surface area contributed by atoms with E-state index >= 15 is 0 Å². The molecule has 1 aliphatic rings. The van der Waals surface area contributed by atoms with Crippen molar-refractivity contribution in [2.24, 2.45) is 0 Å². The lowest BCUT2D eigenvalue weighted by molar-refractivity contribution is 0.307. The molecule has 0 amide bonds. The Morgan fingerprint density at radius 3 is 2.83 bits per heavy atom. The summed E-state index contributed by atoms with van der Waals surface area (Å²) in [4.78, 5) is 0. The van der Waals surface area contributed by atoms with Gasteiger partial charge in [0.15, 0.2) is 0 Å². The number of nitrogens with zero attached hydrogens (tertiary/aromatic N) is 1. The van der Waals surface area contributed by atoms with Crippen LogP contribution in [0.25, 0.3) is 0 Å². The largest absolute Gasteiger partial charge is 0.489 e. The molecule has 0 fully saturated rings. The maximum atomic E-state index is 9.44. The van der Waals surface area contributed by atoms with Crippen molar-refractivity contribution in [3.05, 3.63) is 64.2 Å². The average Bonchev–Trinajstić information content (AvgIpc) is 2.55. The lowest BCUT2D eigenvalue weighted by Crippen LogP contribution is -1.99. The molecule has 0 spiro atoms. The second-order valence-electron chi connectivity index (χ2n) is 4.23. The van der Waals surface area contributed by atoms with Gasteiger partial charge >= 0.3 is 0 Å². The first kappa shape index (κ1) is 11.1. The Hall–Kier alpha value is -1.98. The quantitative estimate of drug-likeness (QED) is 0.716. The van der Waals surface area contributed by atoms with E-state index in [4.69, 9.17) is 16.3 Å². The van der Waals surface area contributed by atoms with Crippen LogP contribution in [0.2, 0.25) is 5.02 Å². The summed E-state index contributed by atoms with van der Waals surface area (Å²) in [6.45, 7) is 0.449. The fourth-order valence-electron chi connectivity index (χ4n) is 2.29. The molecule has 0 saturated heterocycles. The zero-order valence-electron chi connectivity index (χ0n) is 9.56. The molecule has 1 unspecified atom stereocenters. The molecule has 18 heavy (non-hydrogen) atoms. The Labute approximate surface area is 110 Å². The average molecular weight is 256 g/mol. The number of halogens is 1. The predicted molar refractivity (Wildman–Crippen MR) is 69.7 cm³/mol. The molecule has 2 aromatic rings. The van der Waals surface area contributed by atoms with Crippen LogP contribution in [0.5, 0.6) is 5.75 Å². The van der Waals surface area contributed by atoms with Crippen molar-refractivity contribution in [1.82, 2.24) is 0 Å². The number of rotatable bonds is 0. The van der Waals surface area contributed by atoms with Crippen LogP contribution < -0.4 is 4.74 Å². The number of nitriles is 1. The van der Waals surface area contributed by atoms with Crippen LogP contribution in [-0.4, -0.2) is 0 Å². The van der Waals surface area contributed by atoms with E-state index in [9.17, 15) is 5.26 Å². The number of benzene rings is 2. The third-order valence-electron chi connectivity index (χ3n) is 3.16. The van der Waals surface area contributed by atoms with Gasteiger partial charge in [-0.2, -0.15) is 5.26 Å². The van der Waals surface area contributed by atoms with Crippen molar-refractivity contribution in [1.29, 1.82) is 5.26 Å². The van der Waals surface area contributed by atoms with Crippen LogP contribution in [0.3, 0.4) is 0 Å². The number of fused-ring (bicyclic) bond motifs is 2. The van der Waals surface area contributed by atoms with Gasteiger partial charge < -0.3 is 4.74 Å². The van der Waals surface area contributed by atoms with Gasteiger partial charge in [0.05, 0.1) is 6.07 Å². The molecule has 3 heteroatoms. The highest BCUT2D eigenvalue weighted by Crippen LogP contribution is 2.37. The zero-order valence-corrected chi connectivity index (χ0v) is 10.3. The van der Waals surface area contributed by atoms with Gasteiger partial charge in [-0.25, -0.2) is 0 Å². The molecule has 2 aromatic carbocycles. The van der Waals surface area contributed by atoms with Gasteiger partial charge in [0.1, 0.15) is 18.3 Å². The summed E-state index contributed by atoms with van der Waals surface area (Å²) in [6.07, 6.45) is 0. The first-order valence-electron chi connectivity index (χ1n) is 5.69. The van der Waals surface area contributed by atoms with E-state index in [1.807, 2.05) is 42.5 Å². The molecule has 1 aliphatic heterocycles. The normalized spacial score (nSPS) is 16.8. The highest BCUT2D eigenvalue weighted by Gasteiger charge is 2.24. The summed E-state index contributed by atoms with van der Waals surface area (Å²) < 4.78 is 5.75. The van der Waals surface area contributed by atoms with E-state index < -0.39 is 0 Å². The molecular weight excluding hydrogens is 246 g/mol. The van der Waals surface area contributed by atoms with Crippen molar-refractivity contribution in [2.45, 2.75) is 12.5 Å². The van der Waals surface area contributed by atoms with Gasteiger partial charge in [-0.3, -0.25) is 0 Å². The summed E-state index contributed by atoms with van der Waals surface area (Å²) in [5.74, 6) is 0.479. The minimum Gasteiger partial charge on any atom is -0.489 e. The van der Waals surface area contributed by atoms with Crippen molar-refractivity contribution in [3.8, 4) is 11.8 Å². The molecule has 0 radical (unpaired) electrons. The summed E-state index contributed by atoms with van der Waals surface area (Å²) >= 11 is 5.99. The second-order valence-corrected chi connectivity index (χ2v) is 4.67. The smallest absolute Gasteiger partial charge is 0.124 e. The van der Waals surface area contributed by atoms with Crippen LogP contribution >= 0.6 is 11.6 Å². The number of hydrogen-bond donors (Lipinski definition) is 0. The van der Waals surface area contributed by atoms with Gasteiger partial charge in [0.25, 0.3) is 0 Å². The summed E-state index contributed by atoms with van der Waals surface area (Å²) in [5, 5.41) is 10.1. The fourth-order valence-corrected chi connectivity index (χ4v) is 2.49. The molecule has 3 rings (SSSR count). The van der Waals surface area contributed by atoms with Gasteiger partial charge in [0, 0.05) is 10.6 Å². The number of hydrogen-bond acceptors (Lipinski definition) is 2. The van der Waals surface area contributed by atoms with Crippen molar-refractivity contribution < 1.29 is 4.74 Å². The molecule has 1 heterocycles. The van der Waals surface area contributed by atoms with E-state index in [1.54, 1.807) is 0 Å². The topological polar surface area (TPSA) is 33.0 Å². The monoisotopic (exact) mass is 255 g/mol. The minimum absolute atomic E-state index is 0.295. The Kier molecular flexibility index (Phi) is 2.70. The van der Waals surface area contributed by atoms with Crippen LogP contribution in [0.1, 0.15) is 22.6 Å². The first-order chi connectivity index (χ1) is 8.79. The van der Waals surface area contributed by atoms with E-state index in [0.717, 1.165) is 22.4 Å². The van der Waals surface area contributed by atoms with Crippen LogP contribution in [0.15, 0.2) is 42.5 Å². The molecule has 0 aromatic heterocycles. The maximum Gasteiger partial charge on any atom is 0.124 e. The highest BCUT2D eigenvalue weighted by molar-refractivity contribution is 6.30. The Morgan fingerprint density at radius 2 is 2.00 bits per heavy atom. The van der Waals surface area contributed by atoms with Crippen LogP contribution in [0.4, 0.5) is 0 Å². The molecule has 0 N–H and O–H groups in total. The maximum absolute atomic E-state index is 9.44. The molecular formula is C15H10ClNO. The van der Waals surface area contributed by atoms with Gasteiger partial charge in [0.2, 0.25) is 0 Å². The van der Waals surface area contributed by atoms with E-state index in [1.165, 1.54) is 0 Å². The summed E-state index contributed by atoms with van der Waals surface area (Å²) in [6, 6.07) is 15.6. The van der Waals surface area contributed by atoms with E-state index in [0.29, 0.717) is 11.6 Å². The Morgan fingerprint density at radius 1 is 1.17 bits per heavy atom. The van der Waals surface area contributed by atoms with E-state index in [2.05, 4.69) is 6.07 Å². The van der Waals surface area contributed by atoms with Gasteiger partial charge in [-0.1, -0.05) is 35.9 Å². The Bertz CT molecular complexity index is 645. The standard InChI is InChI=1S/C15H10ClNO/c16-11-5-6-12-10(7-11)9-18-15-4-2-1-3-13(15)14(12)8-17/h1-7,14H,9H2. The van der Waals surface area contributed by atoms with Crippen LogP contribution in [-0.2, 0) is 6.61 Å². The predicted octanol–water partition coefficient (Wildman–Crippen LogP) is 3.89. The molecule has 0 saturated carbocycles. The molecule has 1 atom stereocenters. The van der Waals surface area contributed by atoms with Gasteiger partial charge in [-0.05, 0) is 29.3 Å². The molecule has 0 aliphatic carbocycles. The third-order valence-corrected chi connectivity index (χ3v) is 3.39. The zero-order chi connectivity index (χ0) is 12.5. The first-order valence-corrected chi connectivity index (χ1v) is 6.07.